The molecule has 7 nitrogen and oxygen atoms in total. The van der Waals surface area contributed by atoms with Crippen molar-refractivity contribution in [3.63, 3.8) is 0 Å². The lowest BCUT2D eigenvalue weighted by molar-refractivity contribution is 0.192. The average Bonchev–Trinajstić information content (AvgIpc) is 2.63. The van der Waals surface area contributed by atoms with E-state index in [-0.39, 0.29) is 10.7 Å². The summed E-state index contributed by atoms with van der Waals surface area (Å²) in [5.74, 6) is 6.40. The topological polar surface area (TPSA) is 100 Å². The molecular formula is C21H32N2O5Si. The number of nitrogens with one attached hydrogen (secondary N) is 1. The summed E-state index contributed by atoms with van der Waals surface area (Å²) in [6.45, 7) is 11.3. The number of nitrogens with zero attached hydrogens (tertiary/aromatic N) is 1. The van der Waals surface area contributed by atoms with Crippen molar-refractivity contribution in [1.29, 1.82) is 0 Å². The fourth-order valence-corrected chi connectivity index (χ4v) is 3.32. The van der Waals surface area contributed by atoms with Gasteiger partial charge in [0.25, 0.3) is 0 Å². The molecule has 1 aromatic carbocycles. The Kier molecular flexibility index (Phi) is 9.21. The second-order valence-electron chi connectivity index (χ2n) is 8.20. The first-order valence-corrected chi connectivity index (χ1v) is 12.4. The summed E-state index contributed by atoms with van der Waals surface area (Å²) in [5, 5.41) is 24.2. The molecule has 1 rings (SSSR count). The van der Waals surface area contributed by atoms with Crippen LogP contribution in [0.3, 0.4) is 0 Å². The van der Waals surface area contributed by atoms with Crippen molar-refractivity contribution in [3.8, 4) is 17.6 Å². The number of carbonyl (C=O) groups is 1. The fraction of sp³-hybridized carbons (Fsp3) is 0.524. The van der Waals surface area contributed by atoms with Crippen LogP contribution in [0, 0.1) is 11.8 Å². The van der Waals surface area contributed by atoms with Crippen LogP contribution >= 0.6 is 0 Å². The first-order valence-electron chi connectivity index (χ1n) is 9.47. The van der Waals surface area contributed by atoms with Gasteiger partial charge < -0.3 is 24.8 Å². The zero-order valence-corrected chi connectivity index (χ0v) is 19.1. The number of amides is 1. The van der Waals surface area contributed by atoms with Crippen molar-refractivity contribution in [3.05, 3.63) is 29.8 Å². The van der Waals surface area contributed by atoms with E-state index in [1.807, 2.05) is 12.1 Å². The largest absolute Gasteiger partial charge is 0.497 e. The molecule has 0 aromatic heterocycles. The average molecular weight is 421 g/mol. The second kappa shape index (κ2) is 10.9. The summed E-state index contributed by atoms with van der Waals surface area (Å²) in [6.07, 6.45) is -0.452. The standard InChI is InChI=1S/C21H32N2O5Si/c1-21(2,3)29(5,6)28-14-8-7-9-18(23-26)19(22-20(24)25)15-16-10-12-17(27-4)13-11-16/h10-13,19,22,26H,8,14-15H2,1-6H3,(H,24,25). The predicted molar refractivity (Wildman–Crippen MR) is 116 cm³/mol. The zero-order valence-electron chi connectivity index (χ0n) is 18.1. The molecule has 0 aliphatic rings. The van der Waals surface area contributed by atoms with Crippen LogP contribution in [0.2, 0.25) is 18.1 Å². The molecule has 0 fully saturated rings. The lowest BCUT2D eigenvalue weighted by Crippen LogP contribution is -2.41. The van der Waals surface area contributed by atoms with Crippen molar-refractivity contribution in [2.75, 3.05) is 13.7 Å². The summed E-state index contributed by atoms with van der Waals surface area (Å²) in [7, 11) is -0.266. The number of benzene rings is 1. The molecule has 1 aromatic rings. The van der Waals surface area contributed by atoms with Crippen molar-refractivity contribution < 1.29 is 24.3 Å². The van der Waals surface area contributed by atoms with Crippen LogP contribution in [-0.2, 0) is 10.8 Å². The molecule has 0 bridgehead atoms. The molecule has 0 aliphatic heterocycles. The smallest absolute Gasteiger partial charge is 0.405 e. The predicted octanol–water partition coefficient (Wildman–Crippen LogP) is 4.12. The Hall–Kier alpha value is -2.50. The lowest BCUT2D eigenvalue weighted by atomic mass is 10.0. The van der Waals surface area contributed by atoms with E-state index in [1.54, 1.807) is 19.2 Å². The highest BCUT2D eigenvalue weighted by Crippen LogP contribution is 2.36. The number of ether oxygens (including phenoxy) is 1. The van der Waals surface area contributed by atoms with Gasteiger partial charge in [0, 0.05) is 13.0 Å². The molecule has 1 amide bonds. The van der Waals surface area contributed by atoms with Crippen LogP contribution in [-0.4, -0.2) is 50.2 Å². The van der Waals surface area contributed by atoms with Crippen molar-refractivity contribution >= 4 is 20.1 Å². The SMILES string of the molecule is COc1ccc(CC(NC(=O)O)C(C#CCCO[Si](C)(C)C(C)(C)C)=NO)cc1. The Labute approximate surface area is 174 Å². The molecule has 0 heterocycles. The molecule has 29 heavy (non-hydrogen) atoms. The van der Waals surface area contributed by atoms with Crippen LogP contribution in [0.15, 0.2) is 29.4 Å². The summed E-state index contributed by atoms with van der Waals surface area (Å²) < 4.78 is 11.2. The van der Waals surface area contributed by atoms with Crippen LogP contribution < -0.4 is 10.1 Å². The first-order chi connectivity index (χ1) is 13.5. The molecule has 1 unspecified atom stereocenters. The van der Waals surface area contributed by atoms with Crippen LogP contribution in [0.25, 0.3) is 0 Å². The molecule has 3 N–H and O–H groups in total. The maximum atomic E-state index is 11.2. The van der Waals surface area contributed by atoms with E-state index < -0.39 is 20.5 Å². The van der Waals surface area contributed by atoms with Crippen LogP contribution in [0.4, 0.5) is 4.79 Å². The fourth-order valence-electron chi connectivity index (χ4n) is 2.27. The van der Waals surface area contributed by atoms with Crippen molar-refractivity contribution in [2.45, 2.75) is 57.8 Å². The molecule has 0 radical (unpaired) electrons. The van der Waals surface area contributed by atoms with Crippen LogP contribution in [0.5, 0.6) is 5.75 Å². The highest BCUT2D eigenvalue weighted by atomic mass is 28.4. The molecular weight excluding hydrogens is 388 g/mol. The van der Waals surface area contributed by atoms with E-state index >= 15 is 0 Å². The minimum Gasteiger partial charge on any atom is -0.497 e. The molecule has 0 spiro atoms. The maximum absolute atomic E-state index is 11.2. The number of methoxy groups -OCH3 is 1. The number of rotatable bonds is 8. The highest BCUT2D eigenvalue weighted by molar-refractivity contribution is 6.74. The maximum Gasteiger partial charge on any atom is 0.405 e. The molecule has 1 atom stereocenters. The van der Waals surface area contributed by atoms with E-state index in [4.69, 9.17) is 14.3 Å². The Bertz CT molecular complexity index is 758. The Morgan fingerprint density at radius 1 is 1.28 bits per heavy atom. The summed E-state index contributed by atoms with van der Waals surface area (Å²) in [4.78, 5) is 11.2. The monoisotopic (exact) mass is 420 g/mol. The van der Waals surface area contributed by atoms with Gasteiger partial charge >= 0.3 is 6.09 Å². The third-order valence-electron chi connectivity index (χ3n) is 5.05. The number of carboxylic acid groups (broad SMARTS) is 1. The molecule has 8 heteroatoms. The summed E-state index contributed by atoms with van der Waals surface area (Å²) >= 11 is 0. The van der Waals surface area contributed by atoms with Crippen LogP contribution in [0.1, 0.15) is 32.8 Å². The van der Waals surface area contributed by atoms with E-state index in [0.29, 0.717) is 25.2 Å². The quantitative estimate of drug-likeness (QED) is 0.147. The van der Waals surface area contributed by atoms with Gasteiger partial charge in [-0.15, -0.1) is 0 Å². The minimum absolute atomic E-state index is 0.0653. The van der Waals surface area contributed by atoms with Gasteiger partial charge in [-0.3, -0.25) is 0 Å². The normalized spacial score (nSPS) is 13.2. The van der Waals surface area contributed by atoms with Gasteiger partial charge in [-0.2, -0.15) is 0 Å². The minimum atomic E-state index is -1.84. The van der Waals surface area contributed by atoms with Gasteiger partial charge in [0.15, 0.2) is 14.0 Å². The van der Waals surface area contributed by atoms with Gasteiger partial charge in [0.05, 0.1) is 13.2 Å². The third kappa shape index (κ3) is 8.17. The van der Waals surface area contributed by atoms with Gasteiger partial charge in [-0.05, 0) is 48.2 Å². The number of hydrogen-bond acceptors (Lipinski definition) is 5. The van der Waals surface area contributed by atoms with E-state index in [0.717, 1.165) is 5.56 Å². The Balaban J connectivity index is 2.79. The van der Waals surface area contributed by atoms with Gasteiger partial charge in [-0.25, -0.2) is 4.79 Å². The first kappa shape index (κ1) is 24.5. The second-order valence-corrected chi connectivity index (χ2v) is 13.0. The highest BCUT2D eigenvalue weighted by Gasteiger charge is 2.36. The van der Waals surface area contributed by atoms with Gasteiger partial charge in [0.1, 0.15) is 5.75 Å². The Morgan fingerprint density at radius 3 is 2.38 bits per heavy atom. The zero-order chi connectivity index (χ0) is 22.1. The lowest BCUT2D eigenvalue weighted by Gasteiger charge is -2.35. The number of oxime groups is 1. The molecule has 0 saturated carbocycles. The van der Waals surface area contributed by atoms with Gasteiger partial charge in [0.2, 0.25) is 0 Å². The van der Waals surface area contributed by atoms with E-state index in [2.05, 4.69) is 56.2 Å². The Morgan fingerprint density at radius 2 is 1.90 bits per heavy atom. The third-order valence-corrected chi connectivity index (χ3v) is 9.59. The van der Waals surface area contributed by atoms with E-state index in [1.165, 1.54) is 0 Å². The summed E-state index contributed by atoms with van der Waals surface area (Å²) in [6, 6.07) is 6.45. The molecule has 0 saturated heterocycles. The van der Waals surface area contributed by atoms with E-state index in [9.17, 15) is 10.0 Å². The van der Waals surface area contributed by atoms with Crippen molar-refractivity contribution in [1.82, 2.24) is 5.32 Å². The number of hydrogen-bond donors (Lipinski definition) is 3. The molecule has 0 aliphatic carbocycles. The summed E-state index contributed by atoms with van der Waals surface area (Å²) in [5.41, 5.74) is 0.921. The van der Waals surface area contributed by atoms with Crippen molar-refractivity contribution in [2.24, 2.45) is 5.16 Å². The molecule has 160 valence electrons. The van der Waals surface area contributed by atoms with Gasteiger partial charge in [-0.1, -0.05) is 44.0 Å².